The molecule has 1 saturated heterocycles. The summed E-state index contributed by atoms with van der Waals surface area (Å²) in [5.74, 6) is -1.78. The fraction of sp³-hybridized carbons (Fsp3) is 0.158. The number of aliphatic imine (C=N–C) groups is 1. The minimum atomic E-state index is -1.07. The van der Waals surface area contributed by atoms with E-state index in [0.29, 0.717) is 15.9 Å². The third-order valence-corrected chi connectivity index (χ3v) is 5.44. The molecule has 1 heterocycles. The zero-order chi connectivity index (χ0) is 20.3. The molecule has 1 aliphatic rings. The highest BCUT2D eigenvalue weighted by molar-refractivity contribution is 8.15. The average Bonchev–Trinajstić information content (AvgIpc) is 2.96. The minimum Gasteiger partial charge on any atom is -0.478 e. The normalized spacial score (nSPS) is 17.1. The number of hydrogen-bond donors (Lipinski definition) is 2. The van der Waals surface area contributed by atoms with Crippen LogP contribution in [0, 0.1) is 0 Å². The van der Waals surface area contributed by atoms with E-state index in [1.54, 1.807) is 31.3 Å². The number of amidine groups is 1. The van der Waals surface area contributed by atoms with Gasteiger partial charge < -0.3 is 10.4 Å². The van der Waals surface area contributed by atoms with Crippen molar-refractivity contribution in [1.82, 2.24) is 0 Å². The first-order valence-electron chi connectivity index (χ1n) is 8.25. The molecule has 0 bridgehead atoms. The number of carbonyl (C=O) groups is 3. The van der Waals surface area contributed by atoms with Gasteiger partial charge in [-0.3, -0.25) is 14.6 Å². The van der Waals surface area contributed by atoms with Crippen LogP contribution in [-0.2, 0) is 9.59 Å². The molecule has 144 valence electrons. The SMILES string of the molecule is CN=C(Nc1ccc(Cl)cc1)SC1CC(=O)N(c2ccc(C(=O)O)cc2)C1=O. The van der Waals surface area contributed by atoms with Crippen molar-refractivity contribution in [2.75, 3.05) is 17.3 Å². The highest BCUT2D eigenvalue weighted by atomic mass is 35.5. The van der Waals surface area contributed by atoms with Crippen LogP contribution < -0.4 is 10.2 Å². The van der Waals surface area contributed by atoms with Crippen LogP contribution in [0.3, 0.4) is 0 Å². The van der Waals surface area contributed by atoms with Crippen LogP contribution in [0.25, 0.3) is 0 Å². The summed E-state index contributed by atoms with van der Waals surface area (Å²) in [7, 11) is 1.59. The Balaban J connectivity index is 1.71. The molecule has 1 atom stereocenters. The smallest absolute Gasteiger partial charge is 0.335 e. The van der Waals surface area contributed by atoms with E-state index in [2.05, 4.69) is 10.3 Å². The average molecular weight is 418 g/mol. The lowest BCUT2D eigenvalue weighted by atomic mass is 10.2. The fourth-order valence-corrected chi connectivity index (χ4v) is 3.76. The molecule has 3 rings (SSSR count). The summed E-state index contributed by atoms with van der Waals surface area (Å²) < 4.78 is 0. The van der Waals surface area contributed by atoms with Gasteiger partial charge in [-0.05, 0) is 48.5 Å². The first-order chi connectivity index (χ1) is 13.4. The van der Waals surface area contributed by atoms with Crippen molar-refractivity contribution in [1.29, 1.82) is 0 Å². The molecule has 2 aromatic carbocycles. The Hall–Kier alpha value is -2.84. The summed E-state index contributed by atoms with van der Waals surface area (Å²) in [5.41, 5.74) is 1.19. The van der Waals surface area contributed by atoms with E-state index < -0.39 is 11.2 Å². The number of aromatic carboxylic acids is 1. The number of hydrogen-bond acceptors (Lipinski definition) is 5. The van der Waals surface area contributed by atoms with E-state index in [1.165, 1.54) is 36.0 Å². The second kappa shape index (κ2) is 8.45. The lowest BCUT2D eigenvalue weighted by Gasteiger charge is -2.16. The quantitative estimate of drug-likeness (QED) is 0.448. The molecule has 2 N–H and O–H groups in total. The number of benzene rings is 2. The number of carbonyl (C=O) groups excluding carboxylic acids is 2. The highest BCUT2D eigenvalue weighted by Gasteiger charge is 2.40. The second-order valence-electron chi connectivity index (χ2n) is 5.89. The van der Waals surface area contributed by atoms with Crippen LogP contribution in [0.5, 0.6) is 0 Å². The lowest BCUT2D eigenvalue weighted by Crippen LogP contribution is -2.31. The van der Waals surface area contributed by atoms with E-state index >= 15 is 0 Å². The van der Waals surface area contributed by atoms with Crippen molar-refractivity contribution < 1.29 is 19.5 Å². The van der Waals surface area contributed by atoms with Gasteiger partial charge in [-0.2, -0.15) is 0 Å². The largest absolute Gasteiger partial charge is 0.478 e. The predicted molar refractivity (Wildman–Crippen MR) is 110 cm³/mol. The zero-order valence-electron chi connectivity index (χ0n) is 14.8. The number of nitrogens with one attached hydrogen (secondary N) is 1. The fourth-order valence-electron chi connectivity index (χ4n) is 2.65. The Labute approximate surface area is 170 Å². The first kappa shape index (κ1) is 19.9. The third kappa shape index (κ3) is 4.35. The number of thioether (sulfide) groups is 1. The number of rotatable bonds is 4. The van der Waals surface area contributed by atoms with Gasteiger partial charge in [-0.15, -0.1) is 0 Å². The van der Waals surface area contributed by atoms with Crippen LogP contribution >= 0.6 is 23.4 Å². The molecule has 1 fully saturated rings. The maximum Gasteiger partial charge on any atom is 0.335 e. The number of halogens is 1. The minimum absolute atomic E-state index is 0.0332. The molecule has 0 spiro atoms. The molecular weight excluding hydrogens is 402 g/mol. The Bertz CT molecular complexity index is 945. The molecule has 2 amide bonds. The number of nitrogens with zero attached hydrogens (tertiary/aromatic N) is 2. The molecular formula is C19H16ClN3O4S. The van der Waals surface area contributed by atoms with Crippen molar-refractivity contribution >= 4 is 57.7 Å². The second-order valence-corrected chi connectivity index (χ2v) is 7.52. The van der Waals surface area contributed by atoms with Gasteiger partial charge in [0, 0.05) is 24.2 Å². The summed E-state index contributed by atoms with van der Waals surface area (Å²) in [6.45, 7) is 0. The number of carboxylic acid groups (broad SMARTS) is 1. The van der Waals surface area contributed by atoms with Crippen LogP contribution in [-0.4, -0.2) is 40.4 Å². The Kier molecular flexibility index (Phi) is 6.01. The number of imide groups is 1. The topological polar surface area (TPSA) is 99.1 Å². The molecule has 7 nitrogen and oxygen atoms in total. The van der Waals surface area contributed by atoms with Gasteiger partial charge in [0.25, 0.3) is 0 Å². The predicted octanol–water partition coefficient (Wildman–Crippen LogP) is 3.50. The summed E-state index contributed by atoms with van der Waals surface area (Å²) >= 11 is 7.04. The number of amides is 2. The van der Waals surface area contributed by atoms with Crippen molar-refractivity contribution in [3.8, 4) is 0 Å². The number of carboxylic acids is 1. The lowest BCUT2D eigenvalue weighted by molar-refractivity contribution is -0.121. The molecule has 28 heavy (non-hydrogen) atoms. The molecule has 0 radical (unpaired) electrons. The summed E-state index contributed by atoms with van der Waals surface area (Å²) in [5, 5.41) is 12.6. The summed E-state index contributed by atoms with van der Waals surface area (Å²) in [6.07, 6.45) is 0.0332. The van der Waals surface area contributed by atoms with E-state index in [9.17, 15) is 14.4 Å². The standard InChI is InChI=1S/C19H16ClN3O4S/c1-21-19(22-13-6-4-12(20)5-7-13)28-15-10-16(24)23(17(15)25)14-8-2-11(3-9-14)18(26)27/h2-9,15H,10H2,1H3,(H,21,22)(H,26,27). The highest BCUT2D eigenvalue weighted by Crippen LogP contribution is 2.31. The van der Waals surface area contributed by atoms with Gasteiger partial charge in [0.2, 0.25) is 11.8 Å². The molecule has 2 aromatic rings. The van der Waals surface area contributed by atoms with E-state index in [-0.39, 0.29) is 23.8 Å². The number of anilines is 2. The van der Waals surface area contributed by atoms with E-state index in [4.69, 9.17) is 16.7 Å². The van der Waals surface area contributed by atoms with E-state index in [1.807, 2.05) is 0 Å². The molecule has 1 aliphatic heterocycles. The van der Waals surface area contributed by atoms with Crippen LogP contribution in [0.2, 0.25) is 5.02 Å². The van der Waals surface area contributed by atoms with Crippen LogP contribution in [0.4, 0.5) is 11.4 Å². The first-order valence-corrected chi connectivity index (χ1v) is 9.51. The molecule has 0 aliphatic carbocycles. The molecule has 0 aromatic heterocycles. The Morgan fingerprint density at radius 2 is 1.82 bits per heavy atom. The van der Waals surface area contributed by atoms with Crippen LogP contribution in [0.15, 0.2) is 53.5 Å². The Morgan fingerprint density at radius 3 is 2.39 bits per heavy atom. The van der Waals surface area contributed by atoms with Gasteiger partial charge in [-0.25, -0.2) is 9.69 Å². The van der Waals surface area contributed by atoms with Gasteiger partial charge in [0.15, 0.2) is 5.17 Å². The monoisotopic (exact) mass is 417 g/mol. The van der Waals surface area contributed by atoms with E-state index in [0.717, 1.165) is 10.6 Å². The van der Waals surface area contributed by atoms with Gasteiger partial charge in [0.1, 0.15) is 5.25 Å². The van der Waals surface area contributed by atoms with Crippen LogP contribution in [0.1, 0.15) is 16.8 Å². The molecule has 0 saturated carbocycles. The zero-order valence-corrected chi connectivity index (χ0v) is 16.3. The van der Waals surface area contributed by atoms with Gasteiger partial charge in [-0.1, -0.05) is 23.4 Å². The Morgan fingerprint density at radius 1 is 1.18 bits per heavy atom. The molecule has 9 heteroatoms. The molecule has 1 unspecified atom stereocenters. The summed E-state index contributed by atoms with van der Waals surface area (Å²) in [4.78, 5) is 41.3. The summed E-state index contributed by atoms with van der Waals surface area (Å²) in [6, 6.07) is 12.7. The van der Waals surface area contributed by atoms with Crippen molar-refractivity contribution in [2.24, 2.45) is 4.99 Å². The maximum absolute atomic E-state index is 12.8. The van der Waals surface area contributed by atoms with Gasteiger partial charge >= 0.3 is 5.97 Å². The third-order valence-electron chi connectivity index (χ3n) is 4.03. The maximum atomic E-state index is 12.8. The van der Waals surface area contributed by atoms with Gasteiger partial charge in [0.05, 0.1) is 11.3 Å². The van der Waals surface area contributed by atoms with Crippen molar-refractivity contribution in [3.63, 3.8) is 0 Å². The van der Waals surface area contributed by atoms with Crippen molar-refractivity contribution in [3.05, 3.63) is 59.1 Å². The van der Waals surface area contributed by atoms with Crippen molar-refractivity contribution in [2.45, 2.75) is 11.7 Å².